The second-order valence-corrected chi connectivity index (χ2v) is 7.71. The summed E-state index contributed by atoms with van der Waals surface area (Å²) in [5.74, 6) is -0.878. The number of benzene rings is 3. The SMILES string of the molecule is Cc1c(-c2ccc(CC(N)=O)c3[nH]ccc23)cccc1-n1cnc2ccc(F)cc2c1=O. The van der Waals surface area contributed by atoms with Gasteiger partial charge in [-0.2, -0.15) is 0 Å². The van der Waals surface area contributed by atoms with Gasteiger partial charge in [0.2, 0.25) is 5.91 Å². The number of halogens is 1. The van der Waals surface area contributed by atoms with Crippen LogP contribution in [0.4, 0.5) is 4.39 Å². The lowest BCUT2D eigenvalue weighted by Crippen LogP contribution is -2.20. The fourth-order valence-electron chi connectivity index (χ4n) is 4.23. The Hall–Kier alpha value is -4.26. The van der Waals surface area contributed by atoms with Crippen LogP contribution in [0.1, 0.15) is 11.1 Å². The van der Waals surface area contributed by atoms with Crippen LogP contribution in [0.3, 0.4) is 0 Å². The van der Waals surface area contributed by atoms with E-state index in [1.54, 1.807) is 0 Å². The van der Waals surface area contributed by atoms with Crippen molar-refractivity contribution in [1.29, 1.82) is 0 Å². The maximum atomic E-state index is 13.7. The number of H-pyrrole nitrogens is 1. The van der Waals surface area contributed by atoms with Crippen LogP contribution in [0.25, 0.3) is 38.6 Å². The van der Waals surface area contributed by atoms with Gasteiger partial charge in [0, 0.05) is 17.1 Å². The summed E-state index contributed by atoms with van der Waals surface area (Å²) in [7, 11) is 0. The summed E-state index contributed by atoms with van der Waals surface area (Å²) in [6, 6.07) is 15.5. The van der Waals surface area contributed by atoms with Crippen molar-refractivity contribution in [2.75, 3.05) is 0 Å². The molecule has 1 amide bonds. The zero-order chi connectivity index (χ0) is 22.4. The third-order valence-corrected chi connectivity index (χ3v) is 5.75. The van der Waals surface area contributed by atoms with Gasteiger partial charge in [0.15, 0.2) is 0 Å². The average Bonchev–Trinajstić information content (AvgIpc) is 3.26. The summed E-state index contributed by atoms with van der Waals surface area (Å²) >= 11 is 0. The Bertz CT molecular complexity index is 1580. The molecular formula is C25H19FN4O2. The van der Waals surface area contributed by atoms with Gasteiger partial charge in [-0.1, -0.05) is 24.3 Å². The van der Waals surface area contributed by atoms with Crippen molar-refractivity contribution in [3.8, 4) is 16.8 Å². The lowest BCUT2D eigenvalue weighted by atomic mass is 9.94. The Morgan fingerprint density at radius 1 is 1.09 bits per heavy atom. The van der Waals surface area contributed by atoms with Gasteiger partial charge < -0.3 is 10.7 Å². The molecule has 0 fully saturated rings. The fraction of sp³-hybridized carbons (Fsp3) is 0.0800. The van der Waals surface area contributed by atoms with E-state index in [1.165, 1.54) is 29.1 Å². The minimum absolute atomic E-state index is 0.144. The number of amides is 1. The molecular weight excluding hydrogens is 407 g/mol. The first-order chi connectivity index (χ1) is 15.4. The summed E-state index contributed by atoms with van der Waals surface area (Å²) in [4.78, 5) is 32.1. The number of aromatic amines is 1. The van der Waals surface area contributed by atoms with Crippen LogP contribution in [-0.4, -0.2) is 20.4 Å². The molecule has 0 bridgehead atoms. The van der Waals surface area contributed by atoms with Crippen LogP contribution in [0.2, 0.25) is 0 Å². The Morgan fingerprint density at radius 3 is 2.75 bits per heavy atom. The number of fused-ring (bicyclic) bond motifs is 2. The normalized spacial score (nSPS) is 11.3. The molecule has 158 valence electrons. The van der Waals surface area contributed by atoms with Gasteiger partial charge in [-0.15, -0.1) is 0 Å². The quantitative estimate of drug-likeness (QED) is 0.455. The van der Waals surface area contributed by atoms with Crippen molar-refractivity contribution in [3.63, 3.8) is 0 Å². The van der Waals surface area contributed by atoms with Crippen molar-refractivity contribution in [1.82, 2.24) is 14.5 Å². The topological polar surface area (TPSA) is 93.8 Å². The fourth-order valence-corrected chi connectivity index (χ4v) is 4.23. The van der Waals surface area contributed by atoms with E-state index in [-0.39, 0.29) is 17.4 Å². The predicted octanol–water partition coefficient (Wildman–Crippen LogP) is 4.01. The second-order valence-electron chi connectivity index (χ2n) is 7.71. The predicted molar refractivity (Wildman–Crippen MR) is 122 cm³/mol. The molecule has 0 unspecified atom stereocenters. The van der Waals surface area contributed by atoms with Gasteiger partial charge in [0.1, 0.15) is 12.1 Å². The number of primary amides is 1. The minimum Gasteiger partial charge on any atom is -0.369 e. The number of carbonyl (C=O) groups excluding carboxylic acids is 1. The van der Waals surface area contributed by atoms with E-state index in [2.05, 4.69) is 9.97 Å². The van der Waals surface area contributed by atoms with E-state index < -0.39 is 11.7 Å². The molecule has 2 aromatic heterocycles. The van der Waals surface area contributed by atoms with E-state index in [0.29, 0.717) is 11.2 Å². The molecule has 0 atom stereocenters. The molecule has 0 aliphatic carbocycles. The Morgan fingerprint density at radius 2 is 1.94 bits per heavy atom. The number of nitrogens with two attached hydrogens (primary N) is 1. The summed E-state index contributed by atoms with van der Waals surface area (Å²) in [5, 5.41) is 1.18. The van der Waals surface area contributed by atoms with Crippen molar-refractivity contribution in [3.05, 3.63) is 94.4 Å². The zero-order valence-corrected chi connectivity index (χ0v) is 17.2. The first-order valence-electron chi connectivity index (χ1n) is 10.1. The molecule has 6 nitrogen and oxygen atoms in total. The van der Waals surface area contributed by atoms with Gasteiger partial charge in [0.25, 0.3) is 5.56 Å². The molecule has 3 N–H and O–H groups in total. The molecule has 0 saturated carbocycles. The molecule has 0 radical (unpaired) electrons. The summed E-state index contributed by atoms with van der Waals surface area (Å²) in [6.07, 6.45) is 3.44. The lowest BCUT2D eigenvalue weighted by molar-refractivity contribution is -0.117. The molecule has 0 spiro atoms. The number of carbonyl (C=O) groups is 1. The highest BCUT2D eigenvalue weighted by Crippen LogP contribution is 2.34. The zero-order valence-electron chi connectivity index (χ0n) is 17.2. The Kier molecular flexibility index (Phi) is 4.59. The third kappa shape index (κ3) is 3.15. The van der Waals surface area contributed by atoms with Gasteiger partial charge in [-0.25, -0.2) is 9.37 Å². The summed E-state index contributed by atoms with van der Waals surface area (Å²) < 4.78 is 15.2. The van der Waals surface area contributed by atoms with Crippen LogP contribution in [0.5, 0.6) is 0 Å². The van der Waals surface area contributed by atoms with Gasteiger partial charge in [-0.05, 0) is 59.5 Å². The highest BCUT2D eigenvalue weighted by Gasteiger charge is 2.15. The maximum Gasteiger partial charge on any atom is 0.265 e. The van der Waals surface area contributed by atoms with Crippen LogP contribution in [0.15, 0.2) is 71.9 Å². The highest BCUT2D eigenvalue weighted by molar-refractivity contribution is 5.99. The first kappa shape index (κ1) is 19.7. The summed E-state index contributed by atoms with van der Waals surface area (Å²) in [6.45, 7) is 1.93. The summed E-state index contributed by atoms with van der Waals surface area (Å²) in [5.41, 5.74) is 10.6. The molecule has 0 saturated heterocycles. The molecule has 7 heteroatoms. The number of hydrogen-bond acceptors (Lipinski definition) is 3. The van der Waals surface area contributed by atoms with E-state index >= 15 is 0 Å². The first-order valence-corrected chi connectivity index (χ1v) is 10.1. The van der Waals surface area contributed by atoms with E-state index in [1.807, 2.05) is 49.5 Å². The van der Waals surface area contributed by atoms with E-state index in [4.69, 9.17) is 5.73 Å². The van der Waals surface area contributed by atoms with Gasteiger partial charge in [-0.3, -0.25) is 14.2 Å². The number of hydrogen-bond donors (Lipinski definition) is 2. The lowest BCUT2D eigenvalue weighted by Gasteiger charge is -2.15. The standard InChI is InChI=1S/C25H19FN4O2/c1-14-17(18-7-5-15(11-23(27)31)24-19(18)9-10-28-24)3-2-4-22(14)30-13-29-21-8-6-16(26)12-20(21)25(30)32/h2-10,12-13,28H,11H2,1H3,(H2,27,31). The molecule has 5 rings (SSSR count). The number of aromatic nitrogens is 3. The number of nitrogens with one attached hydrogen (secondary N) is 1. The number of nitrogens with zero attached hydrogens (tertiary/aromatic N) is 2. The highest BCUT2D eigenvalue weighted by atomic mass is 19.1. The smallest absolute Gasteiger partial charge is 0.265 e. The average molecular weight is 426 g/mol. The minimum atomic E-state index is -0.481. The van der Waals surface area contributed by atoms with Crippen LogP contribution in [0, 0.1) is 12.7 Å². The van der Waals surface area contributed by atoms with Gasteiger partial charge in [0.05, 0.1) is 23.0 Å². The molecule has 32 heavy (non-hydrogen) atoms. The monoisotopic (exact) mass is 426 g/mol. The third-order valence-electron chi connectivity index (χ3n) is 5.75. The molecule has 3 aromatic carbocycles. The van der Waals surface area contributed by atoms with E-state index in [0.717, 1.165) is 33.2 Å². The van der Waals surface area contributed by atoms with Crippen molar-refractivity contribution < 1.29 is 9.18 Å². The maximum absolute atomic E-state index is 13.7. The van der Waals surface area contributed by atoms with Crippen LogP contribution < -0.4 is 11.3 Å². The Labute approximate surface area is 182 Å². The van der Waals surface area contributed by atoms with Crippen LogP contribution >= 0.6 is 0 Å². The molecule has 2 heterocycles. The van der Waals surface area contributed by atoms with Crippen molar-refractivity contribution in [2.24, 2.45) is 5.73 Å². The van der Waals surface area contributed by atoms with Crippen LogP contribution in [-0.2, 0) is 11.2 Å². The van der Waals surface area contributed by atoms with Crippen molar-refractivity contribution in [2.45, 2.75) is 13.3 Å². The van der Waals surface area contributed by atoms with E-state index in [9.17, 15) is 14.0 Å². The molecule has 0 aliphatic rings. The Balaban J connectivity index is 1.70. The second kappa shape index (κ2) is 7.46. The molecule has 5 aromatic rings. The largest absolute Gasteiger partial charge is 0.369 e. The molecule has 0 aliphatic heterocycles. The van der Waals surface area contributed by atoms with Gasteiger partial charge >= 0.3 is 0 Å². The number of rotatable bonds is 4. The van der Waals surface area contributed by atoms with Crippen molar-refractivity contribution >= 4 is 27.7 Å².